The minimum absolute atomic E-state index is 0.0745. The first-order valence-electron chi connectivity index (χ1n) is 12.1. The molecule has 6 nitrogen and oxygen atoms in total. The first-order chi connectivity index (χ1) is 17.3. The highest BCUT2D eigenvalue weighted by Crippen LogP contribution is 2.46. The van der Waals surface area contributed by atoms with Crippen LogP contribution in [0.25, 0.3) is 10.9 Å². The Labute approximate surface area is 219 Å². The van der Waals surface area contributed by atoms with E-state index < -0.39 is 10.0 Å². The van der Waals surface area contributed by atoms with Gasteiger partial charge in [-0.25, -0.2) is 12.4 Å². The van der Waals surface area contributed by atoms with Gasteiger partial charge >= 0.3 is 0 Å². The second-order valence-corrected chi connectivity index (χ2v) is 12.3. The largest absolute Gasteiger partial charge is 0.378 e. The number of fused-ring (bicyclic) bond motifs is 2. The van der Waals surface area contributed by atoms with Gasteiger partial charge in [0.1, 0.15) is 0 Å². The van der Waals surface area contributed by atoms with Gasteiger partial charge in [0.2, 0.25) is 5.91 Å². The zero-order valence-corrected chi connectivity index (χ0v) is 22.2. The highest BCUT2D eigenvalue weighted by Gasteiger charge is 2.37. The van der Waals surface area contributed by atoms with Gasteiger partial charge in [-0.05, 0) is 61.7 Å². The van der Waals surface area contributed by atoms with Crippen LogP contribution in [-0.2, 0) is 14.8 Å². The molecule has 184 valence electrons. The summed E-state index contributed by atoms with van der Waals surface area (Å²) in [6.45, 7) is 2.68. The highest BCUT2D eigenvalue weighted by atomic mass is 79.9. The van der Waals surface area contributed by atoms with E-state index in [0.29, 0.717) is 18.4 Å². The van der Waals surface area contributed by atoms with Crippen LogP contribution >= 0.6 is 15.9 Å². The number of para-hydroxylation sites is 1. The number of hydrogen-bond donors (Lipinski definition) is 1. The van der Waals surface area contributed by atoms with Gasteiger partial charge in [-0.1, -0.05) is 51.8 Å². The minimum Gasteiger partial charge on any atom is -0.378 e. The number of anilines is 1. The third-order valence-corrected chi connectivity index (χ3v) is 9.49. The van der Waals surface area contributed by atoms with Gasteiger partial charge in [-0.15, -0.1) is 0 Å². The quantitative estimate of drug-likeness (QED) is 0.322. The molecule has 1 amide bonds. The van der Waals surface area contributed by atoms with Crippen LogP contribution in [0.5, 0.6) is 0 Å². The summed E-state index contributed by atoms with van der Waals surface area (Å²) in [6, 6.07) is 20.4. The number of aromatic nitrogens is 1. The molecule has 1 fully saturated rings. The number of benzene rings is 3. The Morgan fingerprint density at radius 1 is 1.00 bits per heavy atom. The summed E-state index contributed by atoms with van der Waals surface area (Å²) in [5.74, 6) is 0.177. The average molecular weight is 565 g/mol. The van der Waals surface area contributed by atoms with Crippen LogP contribution in [0.4, 0.5) is 5.69 Å². The number of rotatable bonds is 4. The molecule has 6 rings (SSSR count). The summed E-state index contributed by atoms with van der Waals surface area (Å²) in [7, 11) is -3.79. The number of carbonyl (C=O) groups excluding carboxylic acids is 1. The molecular weight excluding hydrogens is 538 g/mol. The molecule has 0 aliphatic carbocycles. The van der Waals surface area contributed by atoms with Gasteiger partial charge in [0, 0.05) is 40.3 Å². The molecule has 4 aromatic rings. The molecule has 3 aromatic carbocycles. The summed E-state index contributed by atoms with van der Waals surface area (Å²) in [4.78, 5) is 15.0. The molecule has 0 radical (unpaired) electrons. The van der Waals surface area contributed by atoms with Crippen molar-refractivity contribution in [1.82, 2.24) is 8.87 Å². The highest BCUT2D eigenvalue weighted by molar-refractivity contribution is 9.10. The number of hydrogen-bond acceptors (Lipinski definition) is 4. The van der Waals surface area contributed by atoms with Crippen molar-refractivity contribution in [3.05, 3.63) is 94.1 Å². The summed E-state index contributed by atoms with van der Waals surface area (Å²) < 4.78 is 29.8. The van der Waals surface area contributed by atoms with Gasteiger partial charge in [0.15, 0.2) is 0 Å². The van der Waals surface area contributed by atoms with E-state index in [1.54, 1.807) is 18.3 Å². The fourth-order valence-electron chi connectivity index (χ4n) is 5.51. The summed E-state index contributed by atoms with van der Waals surface area (Å²) in [6.07, 6.45) is 3.86. The minimum atomic E-state index is -3.79. The van der Waals surface area contributed by atoms with Gasteiger partial charge in [-0.2, -0.15) is 0 Å². The second-order valence-electron chi connectivity index (χ2n) is 9.59. The van der Waals surface area contributed by atoms with Crippen molar-refractivity contribution in [2.75, 3.05) is 11.9 Å². The van der Waals surface area contributed by atoms with Crippen LogP contribution in [0, 0.1) is 6.92 Å². The molecule has 3 heterocycles. The number of carbonyl (C=O) groups is 1. The third-order valence-electron chi connectivity index (χ3n) is 7.31. The summed E-state index contributed by atoms with van der Waals surface area (Å²) in [5.41, 5.74) is 4.62. The number of nitrogens with zero attached hydrogens (tertiary/aromatic N) is 2. The number of nitrogens with one attached hydrogen (secondary N) is 1. The Balaban J connectivity index is 1.48. The van der Waals surface area contributed by atoms with E-state index in [9.17, 15) is 13.2 Å². The fraction of sp³-hybridized carbons (Fsp3) is 0.250. The third kappa shape index (κ3) is 3.83. The molecule has 2 aliphatic rings. The lowest BCUT2D eigenvalue weighted by atomic mass is 9.88. The van der Waals surface area contributed by atoms with Crippen LogP contribution in [0.1, 0.15) is 48.0 Å². The predicted octanol–water partition coefficient (Wildman–Crippen LogP) is 6.17. The maximum Gasteiger partial charge on any atom is 0.268 e. The van der Waals surface area contributed by atoms with E-state index in [2.05, 4.69) is 27.3 Å². The topological polar surface area (TPSA) is 71.4 Å². The van der Waals surface area contributed by atoms with Gasteiger partial charge in [0.05, 0.1) is 22.5 Å². The smallest absolute Gasteiger partial charge is 0.268 e. The first kappa shape index (κ1) is 23.3. The SMILES string of the molecule is Cc1ccc(S(=O)(=O)n2cc([C@H]3C[C@@H](N4CCCC4=O)c4cc(Br)ccc4N3)c3ccccc32)cc1. The van der Waals surface area contributed by atoms with Crippen molar-refractivity contribution >= 4 is 48.5 Å². The Kier molecular flexibility index (Phi) is 5.68. The zero-order chi connectivity index (χ0) is 25.0. The number of halogens is 1. The molecule has 0 unspecified atom stereocenters. The number of amides is 1. The summed E-state index contributed by atoms with van der Waals surface area (Å²) >= 11 is 3.58. The van der Waals surface area contributed by atoms with Crippen LogP contribution in [-0.4, -0.2) is 29.7 Å². The van der Waals surface area contributed by atoms with E-state index in [0.717, 1.165) is 45.2 Å². The molecule has 2 atom stereocenters. The molecule has 1 N–H and O–H groups in total. The Bertz CT molecular complexity index is 1590. The van der Waals surface area contributed by atoms with E-state index in [4.69, 9.17) is 0 Å². The van der Waals surface area contributed by atoms with Crippen molar-refractivity contribution in [2.24, 2.45) is 0 Å². The Hall–Kier alpha value is -3.10. The number of aryl methyl sites for hydroxylation is 1. The standard InChI is InChI=1S/C28H26BrN3O3S/c1-18-8-11-20(12-9-18)36(34,35)32-17-23(21-5-2-3-6-26(21)32)25-16-27(31-14-4-7-28(31)33)22-15-19(29)10-13-24(22)30-25/h2-3,5-6,8-13,15,17,25,27,30H,4,7,14,16H2,1H3/t25-,27-/m1/s1. The van der Waals surface area contributed by atoms with Crippen molar-refractivity contribution in [3.8, 4) is 0 Å². The van der Waals surface area contributed by atoms with E-state index in [1.165, 1.54) is 3.97 Å². The second kappa shape index (κ2) is 8.78. The molecule has 0 spiro atoms. The van der Waals surface area contributed by atoms with E-state index in [1.807, 2.05) is 60.4 Å². The monoisotopic (exact) mass is 563 g/mol. The lowest BCUT2D eigenvalue weighted by Crippen LogP contribution is -2.35. The summed E-state index contributed by atoms with van der Waals surface area (Å²) in [5, 5.41) is 4.53. The van der Waals surface area contributed by atoms with Crippen LogP contribution in [0.15, 0.2) is 82.3 Å². The average Bonchev–Trinajstić information content (AvgIpc) is 3.48. The van der Waals surface area contributed by atoms with Crippen molar-refractivity contribution < 1.29 is 13.2 Å². The lowest BCUT2D eigenvalue weighted by molar-refractivity contribution is -0.130. The van der Waals surface area contributed by atoms with Gasteiger partial charge < -0.3 is 10.2 Å². The molecule has 1 aromatic heterocycles. The molecular formula is C28H26BrN3O3S. The lowest BCUT2D eigenvalue weighted by Gasteiger charge is -2.38. The zero-order valence-electron chi connectivity index (χ0n) is 19.8. The maximum atomic E-state index is 13.7. The Morgan fingerprint density at radius 2 is 1.78 bits per heavy atom. The van der Waals surface area contributed by atoms with Crippen LogP contribution in [0.2, 0.25) is 0 Å². The van der Waals surface area contributed by atoms with Crippen molar-refractivity contribution in [1.29, 1.82) is 0 Å². The molecule has 2 aliphatic heterocycles. The molecule has 8 heteroatoms. The predicted molar refractivity (Wildman–Crippen MR) is 145 cm³/mol. The number of likely N-dealkylation sites (tertiary alicyclic amines) is 1. The van der Waals surface area contributed by atoms with Crippen molar-refractivity contribution in [2.45, 2.75) is 43.2 Å². The molecule has 0 bridgehead atoms. The maximum absolute atomic E-state index is 13.7. The molecule has 1 saturated heterocycles. The van der Waals surface area contributed by atoms with Crippen LogP contribution in [0.3, 0.4) is 0 Å². The Morgan fingerprint density at radius 3 is 2.53 bits per heavy atom. The van der Waals surface area contributed by atoms with Gasteiger partial charge in [0.25, 0.3) is 10.0 Å². The molecule has 36 heavy (non-hydrogen) atoms. The fourth-order valence-corrected chi connectivity index (χ4v) is 7.27. The normalized spacial score (nSPS) is 19.9. The van der Waals surface area contributed by atoms with Crippen molar-refractivity contribution in [3.63, 3.8) is 0 Å². The van der Waals surface area contributed by atoms with Gasteiger partial charge in [-0.3, -0.25) is 4.79 Å². The van der Waals surface area contributed by atoms with Crippen LogP contribution < -0.4 is 5.32 Å². The first-order valence-corrected chi connectivity index (χ1v) is 14.3. The van der Waals surface area contributed by atoms with E-state index >= 15 is 0 Å². The molecule has 0 saturated carbocycles. The van der Waals surface area contributed by atoms with E-state index in [-0.39, 0.29) is 22.9 Å².